The van der Waals surface area contributed by atoms with Gasteiger partial charge in [0.25, 0.3) is 5.91 Å². The molecule has 1 heterocycles. The standard InChI is InChI=1S/C22H27N3O2S/c1-15-10-11-17(16(2)14-15)21(26)25(13-7-12-24(3)4)22-23-20-18(27-5)8-6-9-19(20)28-22/h6,8-11,14H,7,12-13H2,1-5H3/p+1. The molecule has 1 aromatic heterocycles. The van der Waals surface area contributed by atoms with Gasteiger partial charge in [-0.2, -0.15) is 0 Å². The summed E-state index contributed by atoms with van der Waals surface area (Å²) in [7, 11) is 5.89. The van der Waals surface area contributed by atoms with Gasteiger partial charge >= 0.3 is 0 Å². The molecular weight excluding hydrogens is 370 g/mol. The Morgan fingerprint density at radius 1 is 1.21 bits per heavy atom. The van der Waals surface area contributed by atoms with Crippen LogP contribution in [0.5, 0.6) is 5.75 Å². The molecule has 0 atom stereocenters. The predicted molar refractivity (Wildman–Crippen MR) is 116 cm³/mol. The summed E-state index contributed by atoms with van der Waals surface area (Å²) in [6.45, 7) is 5.66. The first-order chi connectivity index (χ1) is 13.4. The van der Waals surface area contributed by atoms with E-state index in [0.29, 0.717) is 6.54 Å². The van der Waals surface area contributed by atoms with Crippen molar-refractivity contribution >= 4 is 32.6 Å². The van der Waals surface area contributed by atoms with Gasteiger partial charge < -0.3 is 9.64 Å². The van der Waals surface area contributed by atoms with Crippen LogP contribution in [0.3, 0.4) is 0 Å². The largest absolute Gasteiger partial charge is 0.494 e. The number of thiazole rings is 1. The van der Waals surface area contributed by atoms with Gasteiger partial charge in [0.2, 0.25) is 0 Å². The number of nitrogens with one attached hydrogen (secondary N) is 1. The fraction of sp³-hybridized carbons (Fsp3) is 0.364. The average molecular weight is 399 g/mol. The number of amides is 1. The normalized spacial score (nSPS) is 11.2. The zero-order chi connectivity index (χ0) is 20.3. The Labute approximate surface area is 170 Å². The maximum absolute atomic E-state index is 13.4. The molecule has 0 spiro atoms. The molecule has 0 saturated heterocycles. The van der Waals surface area contributed by atoms with Crippen LogP contribution in [0.1, 0.15) is 27.9 Å². The third kappa shape index (κ3) is 4.34. The summed E-state index contributed by atoms with van der Waals surface area (Å²) < 4.78 is 6.47. The van der Waals surface area contributed by atoms with Crippen molar-refractivity contribution in [2.45, 2.75) is 20.3 Å². The number of methoxy groups -OCH3 is 1. The molecule has 2 aromatic carbocycles. The molecule has 0 unspecified atom stereocenters. The first kappa shape index (κ1) is 20.3. The van der Waals surface area contributed by atoms with Gasteiger partial charge in [0, 0.05) is 18.5 Å². The van der Waals surface area contributed by atoms with E-state index in [9.17, 15) is 4.79 Å². The minimum Gasteiger partial charge on any atom is -0.494 e. The molecule has 6 heteroatoms. The third-order valence-corrected chi connectivity index (χ3v) is 5.78. The number of carbonyl (C=O) groups is 1. The van der Waals surface area contributed by atoms with Gasteiger partial charge in [-0.3, -0.25) is 9.69 Å². The molecule has 3 rings (SSSR count). The first-order valence-corrected chi connectivity index (χ1v) is 10.3. The van der Waals surface area contributed by atoms with Gasteiger partial charge in [-0.1, -0.05) is 35.1 Å². The van der Waals surface area contributed by atoms with Crippen LogP contribution < -0.4 is 14.5 Å². The monoisotopic (exact) mass is 398 g/mol. The second-order valence-corrected chi connectivity index (χ2v) is 8.40. The van der Waals surface area contributed by atoms with E-state index in [2.05, 4.69) is 20.2 Å². The summed E-state index contributed by atoms with van der Waals surface area (Å²) in [6, 6.07) is 11.8. The van der Waals surface area contributed by atoms with Crippen LogP contribution in [0.15, 0.2) is 36.4 Å². The molecule has 1 amide bonds. The molecule has 0 saturated carbocycles. The van der Waals surface area contributed by atoms with E-state index in [-0.39, 0.29) is 5.91 Å². The highest BCUT2D eigenvalue weighted by atomic mass is 32.1. The zero-order valence-corrected chi connectivity index (χ0v) is 18.0. The van der Waals surface area contributed by atoms with Crippen molar-refractivity contribution in [3.63, 3.8) is 0 Å². The first-order valence-electron chi connectivity index (χ1n) is 9.52. The van der Waals surface area contributed by atoms with E-state index in [1.165, 1.54) is 16.2 Å². The number of benzene rings is 2. The number of carbonyl (C=O) groups excluding carboxylic acids is 1. The summed E-state index contributed by atoms with van der Waals surface area (Å²) in [4.78, 5) is 21.4. The molecule has 0 bridgehead atoms. The number of anilines is 1. The van der Waals surface area contributed by atoms with Crippen LogP contribution >= 0.6 is 11.3 Å². The van der Waals surface area contributed by atoms with Gasteiger partial charge in [0.15, 0.2) is 5.13 Å². The highest BCUT2D eigenvalue weighted by Crippen LogP contribution is 2.34. The van der Waals surface area contributed by atoms with Gasteiger partial charge in [-0.25, -0.2) is 4.98 Å². The number of quaternary nitrogens is 1. The highest BCUT2D eigenvalue weighted by Gasteiger charge is 2.23. The van der Waals surface area contributed by atoms with Crippen molar-refractivity contribution in [2.75, 3.05) is 39.2 Å². The molecule has 5 nitrogen and oxygen atoms in total. The lowest BCUT2D eigenvalue weighted by molar-refractivity contribution is -0.858. The van der Waals surface area contributed by atoms with Gasteiger partial charge in [-0.05, 0) is 37.6 Å². The quantitative estimate of drug-likeness (QED) is 0.665. The lowest BCUT2D eigenvalue weighted by Gasteiger charge is -2.21. The Balaban J connectivity index is 2.00. The van der Waals surface area contributed by atoms with Crippen molar-refractivity contribution in [3.05, 3.63) is 53.1 Å². The van der Waals surface area contributed by atoms with Gasteiger partial charge in [-0.15, -0.1) is 0 Å². The van der Waals surface area contributed by atoms with Crippen LogP contribution in [0.25, 0.3) is 10.2 Å². The molecule has 0 fully saturated rings. The topological polar surface area (TPSA) is 46.9 Å². The molecule has 28 heavy (non-hydrogen) atoms. The molecule has 3 aromatic rings. The van der Waals surface area contributed by atoms with Crippen LogP contribution in [-0.2, 0) is 0 Å². The number of hydrogen-bond donors (Lipinski definition) is 1. The number of ether oxygens (including phenoxy) is 1. The fourth-order valence-corrected chi connectivity index (χ4v) is 4.27. The van der Waals surface area contributed by atoms with Crippen LogP contribution in [0.4, 0.5) is 5.13 Å². The molecule has 1 N–H and O–H groups in total. The van der Waals surface area contributed by atoms with Gasteiger partial charge in [0.05, 0.1) is 32.4 Å². The van der Waals surface area contributed by atoms with E-state index in [1.807, 2.05) is 49.1 Å². The van der Waals surface area contributed by atoms with Crippen molar-refractivity contribution in [1.82, 2.24) is 4.98 Å². The second kappa shape index (κ2) is 8.71. The summed E-state index contributed by atoms with van der Waals surface area (Å²) in [5, 5.41) is 0.721. The Bertz CT molecular complexity index is 981. The average Bonchev–Trinajstić information content (AvgIpc) is 3.08. The number of nitrogens with zero attached hydrogens (tertiary/aromatic N) is 2. The van der Waals surface area contributed by atoms with Crippen LogP contribution in [0.2, 0.25) is 0 Å². The van der Waals surface area contributed by atoms with Crippen molar-refractivity contribution < 1.29 is 14.4 Å². The number of fused-ring (bicyclic) bond motifs is 1. The highest BCUT2D eigenvalue weighted by molar-refractivity contribution is 7.22. The fourth-order valence-electron chi connectivity index (χ4n) is 3.27. The smallest absolute Gasteiger partial charge is 0.260 e. The lowest BCUT2D eigenvalue weighted by atomic mass is 10.0. The maximum atomic E-state index is 13.4. The maximum Gasteiger partial charge on any atom is 0.260 e. The number of para-hydroxylation sites is 1. The third-order valence-electron chi connectivity index (χ3n) is 4.74. The number of aromatic nitrogens is 1. The number of hydrogen-bond acceptors (Lipinski definition) is 4. The van der Waals surface area contributed by atoms with E-state index >= 15 is 0 Å². The van der Waals surface area contributed by atoms with E-state index in [0.717, 1.165) is 50.8 Å². The Morgan fingerprint density at radius 3 is 2.68 bits per heavy atom. The van der Waals surface area contributed by atoms with Gasteiger partial charge in [0.1, 0.15) is 11.3 Å². The number of rotatable bonds is 7. The summed E-state index contributed by atoms with van der Waals surface area (Å²) >= 11 is 1.53. The molecule has 0 aliphatic carbocycles. The molecule has 0 radical (unpaired) electrons. The van der Waals surface area contributed by atoms with E-state index in [1.54, 1.807) is 7.11 Å². The number of aryl methyl sites for hydroxylation is 2. The molecular formula is C22H28N3O2S+. The Kier molecular flexibility index (Phi) is 6.31. The van der Waals surface area contributed by atoms with Crippen molar-refractivity contribution in [2.24, 2.45) is 0 Å². The van der Waals surface area contributed by atoms with Crippen molar-refractivity contribution in [1.29, 1.82) is 0 Å². The lowest BCUT2D eigenvalue weighted by Crippen LogP contribution is -3.05. The minimum absolute atomic E-state index is 0.00396. The van der Waals surface area contributed by atoms with Crippen molar-refractivity contribution in [3.8, 4) is 5.75 Å². The minimum atomic E-state index is 0.00396. The van der Waals surface area contributed by atoms with E-state index < -0.39 is 0 Å². The van der Waals surface area contributed by atoms with Crippen LogP contribution in [0, 0.1) is 13.8 Å². The molecule has 148 valence electrons. The molecule has 0 aliphatic heterocycles. The Hall–Kier alpha value is -2.44. The second-order valence-electron chi connectivity index (χ2n) is 7.39. The Morgan fingerprint density at radius 2 is 2.00 bits per heavy atom. The summed E-state index contributed by atoms with van der Waals surface area (Å²) in [6.07, 6.45) is 0.909. The zero-order valence-electron chi connectivity index (χ0n) is 17.2. The summed E-state index contributed by atoms with van der Waals surface area (Å²) in [5.74, 6) is 0.737. The van der Waals surface area contributed by atoms with E-state index in [4.69, 9.17) is 9.72 Å². The predicted octanol–water partition coefficient (Wildman–Crippen LogP) is 3.10. The molecule has 0 aliphatic rings. The van der Waals surface area contributed by atoms with Crippen LogP contribution in [-0.4, -0.2) is 45.2 Å². The SMILES string of the molecule is COc1cccc2sc(N(CCC[NH+](C)C)C(=O)c3ccc(C)cc3C)nc12. The summed E-state index contributed by atoms with van der Waals surface area (Å²) in [5.41, 5.74) is 3.68.